The van der Waals surface area contributed by atoms with Crippen LogP contribution in [0, 0.1) is 11.6 Å². The molecular formula is C14H18F5NO. The van der Waals surface area contributed by atoms with Gasteiger partial charge in [-0.25, -0.2) is 8.78 Å². The second kappa shape index (κ2) is 8.29. The van der Waals surface area contributed by atoms with Gasteiger partial charge in [-0.05, 0) is 43.1 Å². The first-order valence-corrected chi connectivity index (χ1v) is 6.63. The van der Waals surface area contributed by atoms with Crippen molar-refractivity contribution < 1.29 is 26.7 Å². The summed E-state index contributed by atoms with van der Waals surface area (Å²) < 4.78 is 67.4. The number of nitrogens with one attached hydrogen (secondary N) is 1. The van der Waals surface area contributed by atoms with Crippen LogP contribution in [0.4, 0.5) is 22.0 Å². The Hall–Kier alpha value is -1.21. The molecule has 0 radical (unpaired) electrons. The summed E-state index contributed by atoms with van der Waals surface area (Å²) in [7, 11) is 0. The average molecular weight is 311 g/mol. The van der Waals surface area contributed by atoms with Gasteiger partial charge < -0.3 is 10.1 Å². The molecule has 0 bridgehead atoms. The van der Waals surface area contributed by atoms with Crippen molar-refractivity contribution in [1.82, 2.24) is 5.32 Å². The fourth-order valence-corrected chi connectivity index (χ4v) is 1.82. The highest BCUT2D eigenvalue weighted by molar-refractivity contribution is 5.19. The Bertz CT molecular complexity index is 436. The Morgan fingerprint density at radius 2 is 1.95 bits per heavy atom. The van der Waals surface area contributed by atoms with E-state index in [4.69, 9.17) is 0 Å². The average Bonchev–Trinajstić information content (AvgIpc) is 2.38. The largest absolute Gasteiger partial charge is 0.411 e. The van der Waals surface area contributed by atoms with Crippen molar-refractivity contribution in [2.75, 3.05) is 19.8 Å². The molecule has 0 heterocycles. The van der Waals surface area contributed by atoms with E-state index in [0.29, 0.717) is 6.54 Å². The van der Waals surface area contributed by atoms with E-state index < -0.39 is 30.5 Å². The Morgan fingerprint density at radius 1 is 1.24 bits per heavy atom. The molecule has 0 spiro atoms. The van der Waals surface area contributed by atoms with Gasteiger partial charge in [-0.3, -0.25) is 0 Å². The molecule has 0 aliphatic rings. The molecule has 0 aliphatic carbocycles. The molecule has 0 aliphatic heterocycles. The third-order valence-electron chi connectivity index (χ3n) is 2.74. The predicted molar refractivity (Wildman–Crippen MR) is 69.0 cm³/mol. The standard InChI is InChI=1S/C14H18F5NO/c1-2-5-20-12(8-21-9-14(17,18)19)7-10-6-11(15)3-4-13(10)16/h3-4,6,12,20H,2,5,7-9H2,1H3. The van der Waals surface area contributed by atoms with Crippen molar-refractivity contribution in [3.63, 3.8) is 0 Å². The first-order chi connectivity index (χ1) is 9.81. The minimum Gasteiger partial charge on any atom is -0.370 e. The normalized spacial score (nSPS) is 13.4. The summed E-state index contributed by atoms with van der Waals surface area (Å²) in [5.41, 5.74) is 0.110. The minimum atomic E-state index is -4.40. The number of halogens is 5. The lowest BCUT2D eigenvalue weighted by molar-refractivity contribution is -0.175. The van der Waals surface area contributed by atoms with Gasteiger partial charge in [0, 0.05) is 6.04 Å². The number of hydrogen-bond donors (Lipinski definition) is 1. The second-order valence-corrected chi connectivity index (χ2v) is 4.72. The van der Waals surface area contributed by atoms with E-state index in [1.807, 2.05) is 6.92 Å². The van der Waals surface area contributed by atoms with Crippen molar-refractivity contribution >= 4 is 0 Å². The van der Waals surface area contributed by atoms with Crippen molar-refractivity contribution in [3.8, 4) is 0 Å². The summed E-state index contributed by atoms with van der Waals surface area (Å²) in [5, 5.41) is 2.97. The van der Waals surface area contributed by atoms with E-state index in [2.05, 4.69) is 10.1 Å². The fourth-order valence-electron chi connectivity index (χ4n) is 1.82. The highest BCUT2D eigenvalue weighted by Gasteiger charge is 2.28. The zero-order chi connectivity index (χ0) is 15.9. The maximum atomic E-state index is 13.5. The van der Waals surface area contributed by atoms with E-state index in [9.17, 15) is 22.0 Å². The number of ether oxygens (including phenoxy) is 1. The Morgan fingerprint density at radius 3 is 2.57 bits per heavy atom. The molecule has 1 atom stereocenters. The third kappa shape index (κ3) is 7.38. The van der Waals surface area contributed by atoms with Crippen LogP contribution in [0.15, 0.2) is 18.2 Å². The van der Waals surface area contributed by atoms with Crippen molar-refractivity contribution in [2.45, 2.75) is 32.0 Å². The molecule has 0 aromatic heterocycles. The number of benzene rings is 1. The lowest BCUT2D eigenvalue weighted by Gasteiger charge is -2.19. The van der Waals surface area contributed by atoms with Crippen LogP contribution < -0.4 is 5.32 Å². The Labute approximate surface area is 120 Å². The molecule has 0 saturated heterocycles. The molecule has 2 nitrogen and oxygen atoms in total. The van der Waals surface area contributed by atoms with E-state index in [1.165, 1.54) is 0 Å². The van der Waals surface area contributed by atoms with Crippen LogP contribution in [0.25, 0.3) is 0 Å². The lowest BCUT2D eigenvalue weighted by Crippen LogP contribution is -2.37. The van der Waals surface area contributed by atoms with Gasteiger partial charge >= 0.3 is 6.18 Å². The van der Waals surface area contributed by atoms with Gasteiger partial charge in [0.1, 0.15) is 18.2 Å². The van der Waals surface area contributed by atoms with Crippen molar-refractivity contribution in [3.05, 3.63) is 35.4 Å². The van der Waals surface area contributed by atoms with Crippen LogP contribution in [-0.2, 0) is 11.2 Å². The summed E-state index contributed by atoms with van der Waals surface area (Å²) in [6.07, 6.45) is -3.58. The molecule has 1 aromatic carbocycles. The van der Waals surface area contributed by atoms with Crippen LogP contribution in [0.2, 0.25) is 0 Å². The fraction of sp³-hybridized carbons (Fsp3) is 0.571. The molecule has 1 rings (SSSR count). The van der Waals surface area contributed by atoms with Crippen molar-refractivity contribution in [2.24, 2.45) is 0 Å². The minimum absolute atomic E-state index is 0.0570. The third-order valence-corrected chi connectivity index (χ3v) is 2.74. The van der Waals surface area contributed by atoms with Gasteiger partial charge in [0.2, 0.25) is 0 Å². The van der Waals surface area contributed by atoms with Crippen LogP contribution >= 0.6 is 0 Å². The number of hydrogen-bond acceptors (Lipinski definition) is 2. The summed E-state index contributed by atoms with van der Waals surface area (Å²) >= 11 is 0. The van der Waals surface area contributed by atoms with Crippen LogP contribution in [0.1, 0.15) is 18.9 Å². The van der Waals surface area contributed by atoms with Crippen LogP contribution in [0.5, 0.6) is 0 Å². The zero-order valence-electron chi connectivity index (χ0n) is 11.6. The topological polar surface area (TPSA) is 21.3 Å². The Kier molecular flexibility index (Phi) is 7.04. The number of rotatable bonds is 8. The Balaban J connectivity index is 2.62. The molecule has 1 unspecified atom stereocenters. The quantitative estimate of drug-likeness (QED) is 0.743. The van der Waals surface area contributed by atoms with E-state index in [0.717, 1.165) is 24.6 Å². The van der Waals surface area contributed by atoms with Gasteiger partial charge in [-0.1, -0.05) is 6.92 Å². The molecule has 1 aromatic rings. The molecule has 21 heavy (non-hydrogen) atoms. The van der Waals surface area contributed by atoms with E-state index in [1.54, 1.807) is 0 Å². The molecule has 0 amide bonds. The summed E-state index contributed by atoms with van der Waals surface area (Å²) in [6.45, 7) is 0.860. The number of alkyl halides is 3. The molecule has 0 fully saturated rings. The molecule has 7 heteroatoms. The van der Waals surface area contributed by atoms with Gasteiger partial charge in [-0.2, -0.15) is 13.2 Å². The van der Waals surface area contributed by atoms with Crippen LogP contribution in [0.3, 0.4) is 0 Å². The SMILES string of the molecule is CCCNC(COCC(F)(F)F)Cc1cc(F)ccc1F. The molecule has 1 N–H and O–H groups in total. The van der Waals surface area contributed by atoms with Gasteiger partial charge in [0.05, 0.1) is 6.61 Å². The van der Waals surface area contributed by atoms with Crippen LogP contribution in [-0.4, -0.2) is 32.0 Å². The first kappa shape index (κ1) is 17.8. The lowest BCUT2D eigenvalue weighted by atomic mass is 10.1. The summed E-state index contributed by atoms with van der Waals surface area (Å²) in [5.74, 6) is -1.17. The van der Waals surface area contributed by atoms with E-state index in [-0.39, 0.29) is 18.6 Å². The van der Waals surface area contributed by atoms with Gasteiger partial charge in [0.25, 0.3) is 0 Å². The van der Waals surface area contributed by atoms with E-state index >= 15 is 0 Å². The summed E-state index contributed by atoms with van der Waals surface area (Å²) in [4.78, 5) is 0. The first-order valence-electron chi connectivity index (χ1n) is 6.63. The maximum absolute atomic E-state index is 13.5. The molecular weight excluding hydrogens is 293 g/mol. The van der Waals surface area contributed by atoms with Gasteiger partial charge in [-0.15, -0.1) is 0 Å². The maximum Gasteiger partial charge on any atom is 0.411 e. The van der Waals surface area contributed by atoms with Gasteiger partial charge in [0.15, 0.2) is 0 Å². The molecule has 120 valence electrons. The highest BCUT2D eigenvalue weighted by atomic mass is 19.4. The smallest absolute Gasteiger partial charge is 0.370 e. The predicted octanol–water partition coefficient (Wildman–Crippen LogP) is 3.45. The summed E-state index contributed by atoms with van der Waals surface area (Å²) in [6, 6.07) is 2.52. The second-order valence-electron chi connectivity index (χ2n) is 4.72. The van der Waals surface area contributed by atoms with Crippen molar-refractivity contribution in [1.29, 1.82) is 0 Å². The monoisotopic (exact) mass is 311 g/mol. The zero-order valence-corrected chi connectivity index (χ0v) is 11.6. The highest BCUT2D eigenvalue weighted by Crippen LogP contribution is 2.16. The molecule has 0 saturated carbocycles.